The van der Waals surface area contributed by atoms with Crippen molar-refractivity contribution >= 4 is 45.6 Å². The molecular formula is C23H19N5O2. The van der Waals surface area contributed by atoms with Crippen molar-refractivity contribution in [1.29, 1.82) is 0 Å². The lowest BCUT2D eigenvalue weighted by Crippen LogP contribution is -2.13. The smallest absolute Gasteiger partial charge is 0.257 e. The van der Waals surface area contributed by atoms with Gasteiger partial charge in [0, 0.05) is 36.1 Å². The molecule has 2 heterocycles. The van der Waals surface area contributed by atoms with E-state index < -0.39 is 0 Å². The third kappa shape index (κ3) is 4.41. The quantitative estimate of drug-likeness (QED) is 0.458. The van der Waals surface area contributed by atoms with Gasteiger partial charge in [0.05, 0.1) is 16.8 Å². The molecule has 0 spiro atoms. The summed E-state index contributed by atoms with van der Waals surface area (Å²) in [4.78, 5) is 32.5. The Morgan fingerprint density at radius 1 is 0.833 bits per heavy atom. The van der Waals surface area contributed by atoms with Gasteiger partial charge in [-0.1, -0.05) is 24.3 Å². The van der Waals surface area contributed by atoms with Crippen molar-refractivity contribution in [3.63, 3.8) is 0 Å². The lowest BCUT2D eigenvalue weighted by molar-refractivity contribution is -0.114. The number of hydrogen-bond acceptors (Lipinski definition) is 5. The normalized spacial score (nSPS) is 10.4. The molecule has 2 amide bonds. The van der Waals surface area contributed by atoms with Crippen LogP contribution in [-0.4, -0.2) is 21.8 Å². The van der Waals surface area contributed by atoms with E-state index in [0.717, 1.165) is 16.6 Å². The molecule has 3 N–H and O–H groups in total. The first kappa shape index (κ1) is 19.1. The highest BCUT2D eigenvalue weighted by Crippen LogP contribution is 2.24. The van der Waals surface area contributed by atoms with E-state index in [9.17, 15) is 9.59 Å². The Kier molecular flexibility index (Phi) is 5.34. The standard InChI is InChI=1S/C23H19N5O2/c1-15(29)26-18-7-3-8-19(13-18)27-23(30)17-10-11-21(25-14-17)28-20-9-2-5-16-6-4-12-24-22(16)20/h2-14H,1H3,(H,25,28)(H,26,29)(H,27,30). The van der Waals surface area contributed by atoms with Crippen LogP contribution >= 0.6 is 0 Å². The van der Waals surface area contributed by atoms with E-state index in [1.807, 2.05) is 30.3 Å². The number of pyridine rings is 2. The van der Waals surface area contributed by atoms with Gasteiger partial charge in [-0.3, -0.25) is 14.6 Å². The van der Waals surface area contributed by atoms with Crippen molar-refractivity contribution < 1.29 is 9.59 Å². The van der Waals surface area contributed by atoms with Gasteiger partial charge in [0.15, 0.2) is 0 Å². The molecule has 148 valence electrons. The third-order valence-corrected chi connectivity index (χ3v) is 4.36. The predicted octanol–water partition coefficient (Wildman–Crippen LogP) is 4.58. The van der Waals surface area contributed by atoms with E-state index in [4.69, 9.17) is 0 Å². The highest BCUT2D eigenvalue weighted by Gasteiger charge is 2.09. The van der Waals surface area contributed by atoms with Crippen molar-refractivity contribution in [2.24, 2.45) is 0 Å². The third-order valence-electron chi connectivity index (χ3n) is 4.36. The molecule has 7 nitrogen and oxygen atoms in total. The van der Waals surface area contributed by atoms with E-state index >= 15 is 0 Å². The summed E-state index contributed by atoms with van der Waals surface area (Å²) in [6.45, 7) is 1.43. The molecule has 2 aromatic carbocycles. The Morgan fingerprint density at radius 3 is 2.37 bits per heavy atom. The number of anilines is 4. The van der Waals surface area contributed by atoms with Crippen LogP contribution in [-0.2, 0) is 4.79 Å². The predicted molar refractivity (Wildman–Crippen MR) is 118 cm³/mol. The Balaban J connectivity index is 1.47. The van der Waals surface area contributed by atoms with Gasteiger partial charge in [-0.25, -0.2) is 4.98 Å². The summed E-state index contributed by atoms with van der Waals surface area (Å²) in [7, 11) is 0. The minimum atomic E-state index is -0.291. The van der Waals surface area contributed by atoms with Crippen LogP contribution in [0.15, 0.2) is 79.1 Å². The van der Waals surface area contributed by atoms with Crippen LogP contribution in [0.5, 0.6) is 0 Å². The number of fused-ring (bicyclic) bond motifs is 1. The fourth-order valence-corrected chi connectivity index (χ4v) is 3.03. The molecule has 0 saturated heterocycles. The summed E-state index contributed by atoms with van der Waals surface area (Å²) in [5.74, 6) is 0.144. The van der Waals surface area contributed by atoms with Crippen molar-refractivity contribution in [2.45, 2.75) is 6.92 Å². The van der Waals surface area contributed by atoms with Crippen LogP contribution in [0.25, 0.3) is 10.9 Å². The molecule has 0 saturated carbocycles. The number of amides is 2. The second kappa shape index (κ2) is 8.40. The largest absolute Gasteiger partial charge is 0.338 e. The first-order valence-corrected chi connectivity index (χ1v) is 9.34. The van der Waals surface area contributed by atoms with Crippen LogP contribution in [0.4, 0.5) is 22.9 Å². The van der Waals surface area contributed by atoms with Crippen molar-refractivity contribution in [3.05, 3.63) is 84.7 Å². The summed E-state index contributed by atoms with van der Waals surface area (Å²) in [5, 5.41) is 9.76. The van der Waals surface area contributed by atoms with Gasteiger partial charge in [-0.15, -0.1) is 0 Å². The van der Waals surface area contributed by atoms with Gasteiger partial charge >= 0.3 is 0 Å². The molecule has 0 atom stereocenters. The molecule has 0 radical (unpaired) electrons. The molecule has 0 unspecified atom stereocenters. The van der Waals surface area contributed by atoms with E-state index in [1.165, 1.54) is 13.1 Å². The SMILES string of the molecule is CC(=O)Nc1cccc(NC(=O)c2ccc(Nc3cccc4cccnc34)nc2)c1. The molecule has 0 bridgehead atoms. The number of rotatable bonds is 5. The molecule has 0 aliphatic rings. The van der Waals surface area contributed by atoms with Crippen molar-refractivity contribution in [1.82, 2.24) is 9.97 Å². The maximum atomic E-state index is 12.5. The zero-order valence-electron chi connectivity index (χ0n) is 16.2. The van der Waals surface area contributed by atoms with Gasteiger partial charge in [-0.05, 0) is 42.5 Å². The summed E-state index contributed by atoms with van der Waals surface area (Å²) in [5.41, 5.74) is 3.30. The average Bonchev–Trinajstić information content (AvgIpc) is 2.74. The molecule has 0 fully saturated rings. The lowest BCUT2D eigenvalue weighted by atomic mass is 10.2. The molecule has 4 rings (SSSR count). The first-order chi connectivity index (χ1) is 14.6. The highest BCUT2D eigenvalue weighted by atomic mass is 16.2. The first-order valence-electron chi connectivity index (χ1n) is 9.34. The molecule has 4 aromatic rings. The maximum absolute atomic E-state index is 12.5. The van der Waals surface area contributed by atoms with Gasteiger partial charge in [0.25, 0.3) is 5.91 Å². The van der Waals surface area contributed by atoms with Crippen molar-refractivity contribution in [2.75, 3.05) is 16.0 Å². The summed E-state index contributed by atoms with van der Waals surface area (Å²) in [6, 6.07) is 20.1. The van der Waals surface area contributed by atoms with Gasteiger partial charge in [-0.2, -0.15) is 0 Å². The number of nitrogens with one attached hydrogen (secondary N) is 3. The van der Waals surface area contributed by atoms with E-state index in [0.29, 0.717) is 22.8 Å². The summed E-state index contributed by atoms with van der Waals surface area (Å²) in [6.07, 6.45) is 3.25. The number of benzene rings is 2. The second-order valence-corrected chi connectivity index (χ2v) is 6.65. The van der Waals surface area contributed by atoms with Crippen LogP contribution in [0.2, 0.25) is 0 Å². The summed E-state index contributed by atoms with van der Waals surface area (Å²) >= 11 is 0. The van der Waals surface area contributed by atoms with Gasteiger partial charge in [0.1, 0.15) is 5.82 Å². The summed E-state index contributed by atoms with van der Waals surface area (Å²) < 4.78 is 0. The van der Waals surface area contributed by atoms with E-state index in [2.05, 4.69) is 25.9 Å². The van der Waals surface area contributed by atoms with Crippen molar-refractivity contribution in [3.8, 4) is 0 Å². The van der Waals surface area contributed by atoms with E-state index in [1.54, 1.807) is 42.6 Å². The minimum absolute atomic E-state index is 0.174. The number of carbonyl (C=O) groups is 2. The van der Waals surface area contributed by atoms with Crippen LogP contribution in [0, 0.1) is 0 Å². The number of para-hydroxylation sites is 1. The van der Waals surface area contributed by atoms with Crippen LogP contribution in [0.1, 0.15) is 17.3 Å². The maximum Gasteiger partial charge on any atom is 0.257 e. The molecule has 0 aliphatic carbocycles. The Bertz CT molecular complexity index is 1220. The lowest BCUT2D eigenvalue weighted by Gasteiger charge is -2.10. The Hall–Kier alpha value is -4.26. The number of carbonyl (C=O) groups excluding carboxylic acids is 2. The zero-order valence-corrected chi connectivity index (χ0v) is 16.2. The molecule has 30 heavy (non-hydrogen) atoms. The second-order valence-electron chi connectivity index (χ2n) is 6.65. The van der Waals surface area contributed by atoms with Crippen LogP contribution in [0.3, 0.4) is 0 Å². The molecule has 7 heteroatoms. The fourth-order valence-electron chi connectivity index (χ4n) is 3.03. The number of aromatic nitrogens is 2. The Morgan fingerprint density at radius 2 is 1.60 bits per heavy atom. The number of nitrogens with zero attached hydrogens (tertiary/aromatic N) is 2. The Labute approximate surface area is 173 Å². The zero-order chi connectivity index (χ0) is 20.9. The average molecular weight is 397 g/mol. The number of hydrogen-bond donors (Lipinski definition) is 3. The molecule has 2 aromatic heterocycles. The van der Waals surface area contributed by atoms with Gasteiger partial charge < -0.3 is 16.0 Å². The van der Waals surface area contributed by atoms with Crippen LogP contribution < -0.4 is 16.0 Å². The molecule has 0 aliphatic heterocycles. The monoisotopic (exact) mass is 397 g/mol. The fraction of sp³-hybridized carbons (Fsp3) is 0.0435. The topological polar surface area (TPSA) is 96.0 Å². The molecular weight excluding hydrogens is 378 g/mol. The minimum Gasteiger partial charge on any atom is -0.338 e. The van der Waals surface area contributed by atoms with Gasteiger partial charge in [0.2, 0.25) is 5.91 Å². The van der Waals surface area contributed by atoms with E-state index in [-0.39, 0.29) is 11.8 Å². The highest BCUT2D eigenvalue weighted by molar-refractivity contribution is 6.04.